The highest BCUT2D eigenvalue weighted by molar-refractivity contribution is 14.0. The van der Waals surface area contributed by atoms with E-state index in [1.807, 2.05) is 6.92 Å². The van der Waals surface area contributed by atoms with Crippen LogP contribution in [0.25, 0.3) is 0 Å². The Hall–Kier alpha value is -0.530. The second kappa shape index (κ2) is 15.4. The number of esters is 1. The van der Waals surface area contributed by atoms with Gasteiger partial charge in [-0.05, 0) is 32.6 Å². The smallest absolute Gasteiger partial charge is 0.305 e. The number of carbonyl (C=O) groups excluding carboxylic acids is 1. The maximum absolute atomic E-state index is 11.2. The molecule has 0 aromatic heterocycles. The maximum Gasteiger partial charge on any atom is 0.305 e. The fourth-order valence-electron chi connectivity index (χ4n) is 1.76. The molecule has 0 aromatic rings. The van der Waals surface area contributed by atoms with E-state index in [2.05, 4.69) is 36.4 Å². The third kappa shape index (κ3) is 13.2. The highest BCUT2D eigenvalue weighted by atomic mass is 127. The molecule has 132 valence electrons. The van der Waals surface area contributed by atoms with E-state index in [4.69, 9.17) is 4.74 Å². The van der Waals surface area contributed by atoms with Crippen molar-refractivity contribution in [2.45, 2.75) is 65.8 Å². The van der Waals surface area contributed by atoms with E-state index >= 15 is 0 Å². The summed E-state index contributed by atoms with van der Waals surface area (Å²) in [5, 5.41) is 6.70. The Labute approximate surface area is 153 Å². The van der Waals surface area contributed by atoms with Crippen molar-refractivity contribution < 1.29 is 9.53 Å². The number of aliphatic imine (C=N–C) groups is 1. The maximum atomic E-state index is 11.2. The van der Waals surface area contributed by atoms with E-state index in [0.29, 0.717) is 25.0 Å². The van der Waals surface area contributed by atoms with Gasteiger partial charge in [0.05, 0.1) is 6.61 Å². The Bertz CT molecular complexity index is 310. The van der Waals surface area contributed by atoms with Crippen molar-refractivity contribution in [2.75, 3.05) is 20.2 Å². The Morgan fingerprint density at radius 2 is 1.77 bits per heavy atom. The van der Waals surface area contributed by atoms with E-state index in [0.717, 1.165) is 38.2 Å². The highest BCUT2D eigenvalue weighted by Crippen LogP contribution is 2.04. The molecule has 0 rings (SSSR count). The van der Waals surface area contributed by atoms with Crippen LogP contribution in [-0.4, -0.2) is 38.2 Å². The van der Waals surface area contributed by atoms with Gasteiger partial charge in [-0.15, -0.1) is 24.0 Å². The second-order valence-electron chi connectivity index (χ2n) is 5.65. The average Bonchev–Trinajstić information content (AvgIpc) is 2.44. The van der Waals surface area contributed by atoms with Crippen molar-refractivity contribution in [2.24, 2.45) is 10.9 Å². The first-order valence-electron chi connectivity index (χ1n) is 8.14. The van der Waals surface area contributed by atoms with Gasteiger partial charge in [-0.25, -0.2) is 0 Å². The lowest BCUT2D eigenvalue weighted by molar-refractivity contribution is -0.143. The Morgan fingerprint density at radius 1 is 1.14 bits per heavy atom. The van der Waals surface area contributed by atoms with Crippen molar-refractivity contribution in [1.82, 2.24) is 10.6 Å². The quantitative estimate of drug-likeness (QED) is 0.185. The third-order valence-electron chi connectivity index (χ3n) is 3.49. The molecular weight excluding hydrogens is 393 g/mol. The minimum absolute atomic E-state index is 0. The van der Waals surface area contributed by atoms with Crippen LogP contribution in [0, 0.1) is 5.92 Å². The van der Waals surface area contributed by atoms with Gasteiger partial charge in [0.1, 0.15) is 0 Å². The van der Waals surface area contributed by atoms with Gasteiger partial charge in [-0.2, -0.15) is 0 Å². The topological polar surface area (TPSA) is 62.7 Å². The molecule has 6 heteroatoms. The average molecular weight is 427 g/mol. The molecule has 0 saturated heterocycles. The number of carbonyl (C=O) groups is 1. The summed E-state index contributed by atoms with van der Waals surface area (Å²) >= 11 is 0. The van der Waals surface area contributed by atoms with Crippen LogP contribution in [0.1, 0.15) is 59.8 Å². The standard InChI is InChI=1S/C16H33N3O2.HI/c1-6-21-15(20)11-9-7-8-10-12-18-16(17-5)19-14(4)13(2)3;/h13-14H,6-12H2,1-5H3,(H2,17,18,19);1H. The summed E-state index contributed by atoms with van der Waals surface area (Å²) in [5.74, 6) is 1.36. The fraction of sp³-hybridized carbons (Fsp3) is 0.875. The Balaban J connectivity index is 0. The molecule has 0 aliphatic rings. The molecule has 1 atom stereocenters. The number of rotatable bonds is 10. The molecule has 0 aromatic carbocycles. The number of nitrogens with zero attached hydrogens (tertiary/aromatic N) is 1. The van der Waals surface area contributed by atoms with Crippen molar-refractivity contribution in [3.8, 4) is 0 Å². The van der Waals surface area contributed by atoms with Gasteiger partial charge in [0.2, 0.25) is 0 Å². The van der Waals surface area contributed by atoms with Gasteiger partial charge in [-0.3, -0.25) is 9.79 Å². The summed E-state index contributed by atoms with van der Waals surface area (Å²) in [6.45, 7) is 9.76. The summed E-state index contributed by atoms with van der Waals surface area (Å²) in [6, 6.07) is 0.403. The van der Waals surface area contributed by atoms with Crippen LogP contribution in [0.4, 0.5) is 0 Å². The molecule has 0 heterocycles. The molecule has 0 fully saturated rings. The lowest BCUT2D eigenvalue weighted by Gasteiger charge is -2.20. The van der Waals surface area contributed by atoms with Gasteiger partial charge in [-0.1, -0.05) is 26.7 Å². The minimum atomic E-state index is -0.0806. The fourth-order valence-corrected chi connectivity index (χ4v) is 1.76. The van der Waals surface area contributed by atoms with Crippen LogP contribution in [0.3, 0.4) is 0 Å². The number of nitrogens with one attached hydrogen (secondary N) is 2. The zero-order chi connectivity index (χ0) is 16.1. The molecule has 0 aliphatic carbocycles. The number of guanidine groups is 1. The van der Waals surface area contributed by atoms with Crippen LogP contribution < -0.4 is 10.6 Å². The molecular formula is C16H34IN3O2. The number of hydrogen-bond acceptors (Lipinski definition) is 3. The number of ether oxygens (including phenoxy) is 1. The lowest BCUT2D eigenvalue weighted by atomic mass is 10.1. The molecule has 1 unspecified atom stereocenters. The van der Waals surface area contributed by atoms with Crippen molar-refractivity contribution in [1.29, 1.82) is 0 Å². The SMILES string of the molecule is CCOC(=O)CCCCCCNC(=NC)NC(C)C(C)C.I. The van der Waals surface area contributed by atoms with Gasteiger partial charge in [0, 0.05) is 26.1 Å². The summed E-state index contributed by atoms with van der Waals surface area (Å²) in [6.07, 6.45) is 4.71. The first-order chi connectivity index (χ1) is 10.0. The highest BCUT2D eigenvalue weighted by Gasteiger charge is 2.08. The molecule has 2 N–H and O–H groups in total. The van der Waals surface area contributed by atoms with Crippen LogP contribution in [0.15, 0.2) is 4.99 Å². The molecule has 5 nitrogen and oxygen atoms in total. The predicted molar refractivity (Wildman–Crippen MR) is 104 cm³/mol. The van der Waals surface area contributed by atoms with E-state index in [1.54, 1.807) is 7.05 Å². The van der Waals surface area contributed by atoms with E-state index < -0.39 is 0 Å². The van der Waals surface area contributed by atoms with Gasteiger partial charge in [0.25, 0.3) is 0 Å². The van der Waals surface area contributed by atoms with Gasteiger partial charge in [0.15, 0.2) is 5.96 Å². The van der Waals surface area contributed by atoms with E-state index in [1.165, 1.54) is 0 Å². The van der Waals surface area contributed by atoms with E-state index in [9.17, 15) is 4.79 Å². The first kappa shape index (κ1) is 23.7. The summed E-state index contributed by atoms with van der Waals surface area (Å²) in [5.41, 5.74) is 0. The Morgan fingerprint density at radius 3 is 2.32 bits per heavy atom. The third-order valence-corrected chi connectivity index (χ3v) is 3.49. The number of halogens is 1. The van der Waals surface area contributed by atoms with Crippen molar-refractivity contribution in [3.05, 3.63) is 0 Å². The van der Waals surface area contributed by atoms with Crippen LogP contribution in [-0.2, 0) is 9.53 Å². The Kier molecular flexibility index (Phi) is 16.6. The monoisotopic (exact) mass is 427 g/mol. The molecule has 0 spiro atoms. The summed E-state index contributed by atoms with van der Waals surface area (Å²) in [4.78, 5) is 15.4. The zero-order valence-corrected chi connectivity index (χ0v) is 17.1. The van der Waals surface area contributed by atoms with E-state index in [-0.39, 0.29) is 29.9 Å². The van der Waals surface area contributed by atoms with Crippen molar-refractivity contribution in [3.63, 3.8) is 0 Å². The summed E-state index contributed by atoms with van der Waals surface area (Å²) in [7, 11) is 1.79. The molecule has 0 bridgehead atoms. The molecule has 0 saturated carbocycles. The number of unbranched alkanes of at least 4 members (excludes halogenated alkanes) is 3. The number of hydrogen-bond donors (Lipinski definition) is 2. The molecule has 0 aliphatic heterocycles. The minimum Gasteiger partial charge on any atom is -0.466 e. The molecule has 0 amide bonds. The van der Waals surface area contributed by atoms with Gasteiger partial charge < -0.3 is 15.4 Å². The van der Waals surface area contributed by atoms with Gasteiger partial charge >= 0.3 is 5.97 Å². The predicted octanol–water partition coefficient (Wildman–Crippen LogP) is 3.33. The first-order valence-corrected chi connectivity index (χ1v) is 8.14. The van der Waals surface area contributed by atoms with Crippen LogP contribution >= 0.6 is 24.0 Å². The largest absolute Gasteiger partial charge is 0.466 e. The van der Waals surface area contributed by atoms with Crippen LogP contribution in [0.2, 0.25) is 0 Å². The van der Waals surface area contributed by atoms with Crippen molar-refractivity contribution >= 4 is 35.9 Å². The lowest BCUT2D eigenvalue weighted by Crippen LogP contribution is -2.44. The zero-order valence-electron chi connectivity index (χ0n) is 14.8. The second-order valence-corrected chi connectivity index (χ2v) is 5.65. The van der Waals surface area contributed by atoms with Crippen LogP contribution in [0.5, 0.6) is 0 Å². The molecule has 0 radical (unpaired) electrons. The summed E-state index contributed by atoms with van der Waals surface area (Å²) < 4.78 is 4.90. The normalized spacial score (nSPS) is 12.5. The molecule has 22 heavy (non-hydrogen) atoms.